The van der Waals surface area contributed by atoms with Gasteiger partial charge in [0.2, 0.25) is 5.91 Å². The largest absolute Gasteiger partial charge is 0.493 e. The first-order valence-electron chi connectivity index (χ1n) is 9.48. The Morgan fingerprint density at radius 3 is 2.90 bits per heavy atom. The minimum absolute atomic E-state index is 0.0955. The Hall–Kier alpha value is -3.35. The van der Waals surface area contributed by atoms with Gasteiger partial charge in [0.25, 0.3) is 0 Å². The van der Waals surface area contributed by atoms with Gasteiger partial charge in [0.1, 0.15) is 18.2 Å². The average Bonchev–Trinajstić information content (AvgIpc) is 3.35. The van der Waals surface area contributed by atoms with Crippen LogP contribution in [0.3, 0.4) is 0 Å². The second-order valence-corrected chi connectivity index (χ2v) is 6.99. The van der Waals surface area contributed by atoms with Crippen molar-refractivity contribution in [3.8, 4) is 22.9 Å². The van der Waals surface area contributed by atoms with E-state index in [1.807, 2.05) is 35.0 Å². The summed E-state index contributed by atoms with van der Waals surface area (Å²) in [4.78, 5) is 15.9. The lowest BCUT2D eigenvalue weighted by molar-refractivity contribution is -0.119. The summed E-state index contributed by atoms with van der Waals surface area (Å²) in [5.74, 6) is 1.74. The molecule has 1 saturated heterocycles. The Bertz CT molecular complexity index is 1020. The van der Waals surface area contributed by atoms with Gasteiger partial charge in [-0.15, -0.1) is 0 Å². The van der Waals surface area contributed by atoms with Crippen LogP contribution in [-0.2, 0) is 17.9 Å². The number of nitrogens with one attached hydrogen (secondary N) is 1. The normalized spacial score (nSPS) is 15.9. The maximum absolute atomic E-state index is 13.3. The molecule has 1 N–H and O–H groups in total. The third kappa shape index (κ3) is 4.39. The van der Waals surface area contributed by atoms with Crippen molar-refractivity contribution in [1.82, 2.24) is 14.9 Å². The van der Waals surface area contributed by atoms with Gasteiger partial charge in [-0.3, -0.25) is 4.79 Å². The number of rotatable bonds is 7. The number of nitrogens with zero attached hydrogens (tertiary/aromatic N) is 2. The molecule has 2 heterocycles. The highest BCUT2D eigenvalue weighted by atomic mass is 19.1. The van der Waals surface area contributed by atoms with E-state index >= 15 is 0 Å². The molecule has 7 heteroatoms. The van der Waals surface area contributed by atoms with Gasteiger partial charge in [-0.25, -0.2) is 9.37 Å². The van der Waals surface area contributed by atoms with Crippen LogP contribution < -0.4 is 14.8 Å². The van der Waals surface area contributed by atoms with Crippen LogP contribution in [0.2, 0.25) is 0 Å². The number of carbonyl (C=O) groups is 1. The topological polar surface area (TPSA) is 65.4 Å². The van der Waals surface area contributed by atoms with Gasteiger partial charge in [0, 0.05) is 37.0 Å². The van der Waals surface area contributed by atoms with Crippen molar-refractivity contribution in [3.63, 3.8) is 0 Å². The molecule has 0 radical (unpaired) electrons. The van der Waals surface area contributed by atoms with Crippen molar-refractivity contribution >= 4 is 5.91 Å². The Kier molecular flexibility index (Phi) is 5.46. The molecule has 0 saturated carbocycles. The Morgan fingerprint density at radius 1 is 1.24 bits per heavy atom. The van der Waals surface area contributed by atoms with Crippen molar-refractivity contribution in [2.24, 2.45) is 0 Å². The Labute approximate surface area is 168 Å². The molecule has 6 nitrogen and oxygen atoms in total. The highest BCUT2D eigenvalue weighted by Crippen LogP contribution is 2.32. The zero-order chi connectivity index (χ0) is 20.2. The van der Waals surface area contributed by atoms with Gasteiger partial charge in [0.15, 0.2) is 11.5 Å². The lowest BCUT2D eigenvalue weighted by Gasteiger charge is -2.15. The molecule has 1 atom stereocenters. The number of hydrogen-bond acceptors (Lipinski definition) is 4. The molecule has 1 amide bonds. The molecule has 1 fully saturated rings. The number of carbonyl (C=O) groups excluding carboxylic acids is 1. The predicted octanol–water partition coefficient (Wildman–Crippen LogP) is 3.56. The van der Waals surface area contributed by atoms with Gasteiger partial charge in [0.05, 0.1) is 7.11 Å². The van der Waals surface area contributed by atoms with E-state index < -0.39 is 0 Å². The molecular weight excluding hydrogens is 373 g/mol. The van der Waals surface area contributed by atoms with Crippen LogP contribution in [0.25, 0.3) is 11.4 Å². The third-order valence-corrected chi connectivity index (χ3v) is 4.92. The van der Waals surface area contributed by atoms with E-state index in [1.165, 1.54) is 12.1 Å². The molecule has 4 rings (SSSR count). The van der Waals surface area contributed by atoms with Gasteiger partial charge in [-0.05, 0) is 42.3 Å². The van der Waals surface area contributed by atoms with Crippen LogP contribution in [0.5, 0.6) is 11.5 Å². The second kappa shape index (κ2) is 8.34. The third-order valence-electron chi connectivity index (χ3n) is 4.92. The van der Waals surface area contributed by atoms with Gasteiger partial charge >= 0.3 is 0 Å². The molecule has 1 aliphatic heterocycles. The van der Waals surface area contributed by atoms with E-state index in [0.717, 1.165) is 23.4 Å². The fourth-order valence-corrected chi connectivity index (χ4v) is 3.48. The second-order valence-electron chi connectivity index (χ2n) is 6.99. The fourth-order valence-electron chi connectivity index (χ4n) is 3.48. The summed E-state index contributed by atoms with van der Waals surface area (Å²) in [6.45, 7) is 0.907. The van der Waals surface area contributed by atoms with E-state index in [0.29, 0.717) is 24.5 Å². The van der Waals surface area contributed by atoms with Crippen molar-refractivity contribution in [2.45, 2.75) is 32.0 Å². The number of ether oxygens (including phenoxy) is 2. The van der Waals surface area contributed by atoms with Crippen LogP contribution >= 0.6 is 0 Å². The number of methoxy groups -OCH3 is 1. The van der Waals surface area contributed by atoms with E-state index in [2.05, 4.69) is 10.3 Å². The average molecular weight is 395 g/mol. The van der Waals surface area contributed by atoms with Crippen molar-refractivity contribution < 1.29 is 18.7 Å². The Balaban J connectivity index is 1.51. The number of hydrogen-bond donors (Lipinski definition) is 1. The standard InChI is InChI=1S/C22H22FN3O3/c1-28-20-12-16(5-7-19(20)29-14-15-3-2-4-17(23)11-15)22-24-9-10-26(22)13-18-6-8-21(27)25-18/h2-5,7,9-12,18H,6,8,13-14H2,1H3,(H,25,27). The van der Waals surface area contributed by atoms with Gasteiger partial charge in [-0.1, -0.05) is 12.1 Å². The van der Waals surface area contributed by atoms with Crippen LogP contribution in [0, 0.1) is 5.82 Å². The molecule has 29 heavy (non-hydrogen) atoms. The first-order chi connectivity index (χ1) is 14.1. The molecule has 0 aliphatic carbocycles. The maximum Gasteiger partial charge on any atom is 0.220 e. The van der Waals surface area contributed by atoms with E-state index in [1.54, 1.807) is 19.4 Å². The first kappa shape index (κ1) is 19.0. The van der Waals surface area contributed by atoms with E-state index in [4.69, 9.17) is 9.47 Å². The van der Waals surface area contributed by atoms with E-state index in [-0.39, 0.29) is 24.4 Å². The zero-order valence-corrected chi connectivity index (χ0v) is 16.1. The SMILES string of the molecule is COc1cc(-c2nccn2CC2CCC(=O)N2)ccc1OCc1cccc(F)c1. The van der Waals surface area contributed by atoms with Crippen LogP contribution in [-0.4, -0.2) is 28.6 Å². The smallest absolute Gasteiger partial charge is 0.220 e. The fraction of sp³-hybridized carbons (Fsp3) is 0.273. The minimum atomic E-state index is -0.293. The van der Waals surface area contributed by atoms with Crippen LogP contribution in [0.15, 0.2) is 54.9 Å². The highest BCUT2D eigenvalue weighted by Gasteiger charge is 2.22. The van der Waals surface area contributed by atoms with Crippen molar-refractivity contribution in [1.29, 1.82) is 0 Å². The van der Waals surface area contributed by atoms with Crippen LogP contribution in [0.4, 0.5) is 4.39 Å². The monoisotopic (exact) mass is 395 g/mol. The number of amides is 1. The molecule has 0 spiro atoms. The minimum Gasteiger partial charge on any atom is -0.493 e. The summed E-state index contributed by atoms with van der Waals surface area (Å²) in [5, 5.41) is 2.98. The summed E-state index contributed by atoms with van der Waals surface area (Å²) in [7, 11) is 1.58. The molecule has 2 aromatic carbocycles. The molecule has 150 valence electrons. The summed E-state index contributed by atoms with van der Waals surface area (Å²) < 4.78 is 26.7. The predicted molar refractivity (Wildman–Crippen MR) is 106 cm³/mol. The van der Waals surface area contributed by atoms with E-state index in [9.17, 15) is 9.18 Å². The lowest BCUT2D eigenvalue weighted by atomic mass is 10.1. The Morgan fingerprint density at radius 2 is 2.14 bits per heavy atom. The maximum atomic E-state index is 13.3. The van der Waals surface area contributed by atoms with Gasteiger partial charge in [-0.2, -0.15) is 0 Å². The lowest BCUT2D eigenvalue weighted by Crippen LogP contribution is -2.29. The zero-order valence-electron chi connectivity index (χ0n) is 16.1. The first-order valence-corrected chi connectivity index (χ1v) is 9.48. The summed E-state index contributed by atoms with van der Waals surface area (Å²) in [6, 6.07) is 12.0. The summed E-state index contributed by atoms with van der Waals surface area (Å²) in [6.07, 6.45) is 5.04. The number of aromatic nitrogens is 2. The number of halogens is 1. The van der Waals surface area contributed by atoms with Crippen molar-refractivity contribution in [2.75, 3.05) is 7.11 Å². The molecule has 1 aliphatic rings. The van der Waals surface area contributed by atoms with Gasteiger partial charge < -0.3 is 19.4 Å². The molecule has 3 aromatic rings. The molecule has 1 aromatic heterocycles. The quantitative estimate of drug-likeness (QED) is 0.664. The van der Waals surface area contributed by atoms with Crippen molar-refractivity contribution in [3.05, 3.63) is 66.2 Å². The highest BCUT2D eigenvalue weighted by molar-refractivity contribution is 5.78. The number of benzene rings is 2. The summed E-state index contributed by atoms with van der Waals surface area (Å²) >= 11 is 0. The molecular formula is C22H22FN3O3. The number of imidazole rings is 1. The molecule has 1 unspecified atom stereocenters. The van der Waals surface area contributed by atoms with Crippen LogP contribution in [0.1, 0.15) is 18.4 Å². The summed E-state index contributed by atoms with van der Waals surface area (Å²) in [5.41, 5.74) is 1.62. The molecule has 0 bridgehead atoms.